The number of hydrazone groups is 1. The monoisotopic (exact) mass is 562 g/mol. The zero-order valence-corrected chi connectivity index (χ0v) is 22.6. The van der Waals surface area contributed by atoms with Crippen LogP contribution in [-0.2, 0) is 6.61 Å². The number of methoxy groups -OCH3 is 1. The van der Waals surface area contributed by atoms with E-state index in [-0.39, 0.29) is 22.2 Å². The van der Waals surface area contributed by atoms with Gasteiger partial charge in [0.15, 0.2) is 11.5 Å². The highest BCUT2D eigenvalue weighted by Crippen LogP contribution is 2.29. The molecule has 4 aromatic carbocycles. The summed E-state index contributed by atoms with van der Waals surface area (Å²) in [6.07, 6.45) is 1.45. The van der Waals surface area contributed by atoms with Crippen LogP contribution in [-0.4, -0.2) is 25.2 Å². The number of nitrogens with one attached hydrogen (secondary N) is 1. The molecular formula is C30H24Cl2N2O5. The van der Waals surface area contributed by atoms with Gasteiger partial charge in [-0.2, -0.15) is 5.10 Å². The van der Waals surface area contributed by atoms with Gasteiger partial charge in [0, 0.05) is 5.56 Å². The Hall–Kier alpha value is -4.33. The molecule has 4 aromatic rings. The van der Waals surface area contributed by atoms with Crippen molar-refractivity contribution >= 4 is 41.3 Å². The number of benzene rings is 4. The average molecular weight is 563 g/mol. The van der Waals surface area contributed by atoms with Gasteiger partial charge in [0.05, 0.1) is 28.9 Å². The van der Waals surface area contributed by atoms with Crippen LogP contribution in [0.15, 0.2) is 90.0 Å². The van der Waals surface area contributed by atoms with Crippen molar-refractivity contribution in [3.8, 4) is 17.2 Å². The summed E-state index contributed by atoms with van der Waals surface area (Å²) in [6.45, 7) is 2.47. The molecule has 0 saturated heterocycles. The molecule has 9 heteroatoms. The van der Waals surface area contributed by atoms with E-state index in [4.69, 9.17) is 37.4 Å². The molecule has 7 nitrogen and oxygen atoms in total. The standard InChI is InChI=1S/C30H24Cl2N2O5/c1-19-3-5-20(6-4-19)18-38-24-11-8-22(9-12-24)29(35)34-33-17-21-7-14-27(28(15-21)37-2)39-30(36)23-10-13-25(31)26(32)16-23/h3-17H,18H2,1-2H3,(H,34,35). The second-order valence-corrected chi connectivity index (χ2v) is 9.24. The lowest BCUT2D eigenvalue weighted by molar-refractivity contribution is 0.0729. The summed E-state index contributed by atoms with van der Waals surface area (Å²) >= 11 is 11.9. The first-order chi connectivity index (χ1) is 18.8. The number of carbonyl (C=O) groups is 2. The van der Waals surface area contributed by atoms with Crippen molar-refractivity contribution in [3.63, 3.8) is 0 Å². The van der Waals surface area contributed by atoms with E-state index in [0.717, 1.165) is 5.56 Å². The number of halogens is 2. The Labute approximate surface area is 235 Å². The molecule has 0 aliphatic rings. The summed E-state index contributed by atoms with van der Waals surface area (Å²) in [7, 11) is 1.45. The third kappa shape index (κ3) is 7.60. The van der Waals surface area contributed by atoms with Crippen LogP contribution >= 0.6 is 23.2 Å². The van der Waals surface area contributed by atoms with E-state index in [1.54, 1.807) is 42.5 Å². The zero-order chi connectivity index (χ0) is 27.8. The number of amides is 1. The Kier molecular flexibility index (Phi) is 9.20. The van der Waals surface area contributed by atoms with Gasteiger partial charge in [-0.3, -0.25) is 4.79 Å². The number of rotatable bonds is 9. The number of hydrogen-bond donors (Lipinski definition) is 1. The summed E-state index contributed by atoms with van der Waals surface area (Å²) in [6, 6.07) is 24.2. The molecule has 0 unspecified atom stereocenters. The van der Waals surface area contributed by atoms with Crippen LogP contribution in [0.4, 0.5) is 0 Å². The third-order valence-corrected chi connectivity index (χ3v) is 6.31. The van der Waals surface area contributed by atoms with E-state index in [0.29, 0.717) is 34.3 Å². The van der Waals surface area contributed by atoms with Gasteiger partial charge < -0.3 is 14.2 Å². The van der Waals surface area contributed by atoms with E-state index in [2.05, 4.69) is 10.5 Å². The van der Waals surface area contributed by atoms with E-state index in [9.17, 15) is 9.59 Å². The van der Waals surface area contributed by atoms with Crippen molar-refractivity contribution in [2.24, 2.45) is 5.10 Å². The Balaban J connectivity index is 1.32. The number of aryl methyl sites for hydroxylation is 1. The second-order valence-electron chi connectivity index (χ2n) is 8.43. The second kappa shape index (κ2) is 13.0. The first kappa shape index (κ1) is 27.7. The zero-order valence-electron chi connectivity index (χ0n) is 21.1. The van der Waals surface area contributed by atoms with Gasteiger partial charge in [0.1, 0.15) is 12.4 Å². The molecule has 0 spiro atoms. The predicted octanol–water partition coefficient (Wildman–Crippen LogP) is 6.87. The molecule has 198 valence electrons. The van der Waals surface area contributed by atoms with Crippen molar-refractivity contribution in [1.82, 2.24) is 5.43 Å². The minimum atomic E-state index is -0.618. The van der Waals surface area contributed by atoms with Gasteiger partial charge in [-0.15, -0.1) is 0 Å². The van der Waals surface area contributed by atoms with Gasteiger partial charge in [-0.05, 0) is 78.7 Å². The lowest BCUT2D eigenvalue weighted by Crippen LogP contribution is -2.17. The smallest absolute Gasteiger partial charge is 0.343 e. The maximum Gasteiger partial charge on any atom is 0.343 e. The van der Waals surface area contributed by atoms with E-state index < -0.39 is 5.97 Å². The minimum absolute atomic E-state index is 0.208. The molecule has 0 heterocycles. The van der Waals surface area contributed by atoms with Gasteiger partial charge in [0.2, 0.25) is 0 Å². The van der Waals surface area contributed by atoms with Crippen LogP contribution in [0, 0.1) is 6.92 Å². The lowest BCUT2D eigenvalue weighted by atomic mass is 10.2. The molecule has 0 aromatic heterocycles. The van der Waals surface area contributed by atoms with Crippen LogP contribution in [0.5, 0.6) is 17.2 Å². The fraction of sp³-hybridized carbons (Fsp3) is 0.100. The fourth-order valence-corrected chi connectivity index (χ4v) is 3.71. The van der Waals surface area contributed by atoms with Crippen LogP contribution in [0.3, 0.4) is 0 Å². The SMILES string of the molecule is COc1cc(C=NNC(=O)c2ccc(OCc3ccc(C)cc3)cc2)ccc1OC(=O)c1ccc(Cl)c(Cl)c1. The highest BCUT2D eigenvalue weighted by Gasteiger charge is 2.14. The first-order valence-corrected chi connectivity index (χ1v) is 12.5. The summed E-state index contributed by atoms with van der Waals surface area (Å²) < 4.78 is 16.6. The Bertz CT molecular complexity index is 1500. The number of esters is 1. The number of nitrogens with zero attached hydrogens (tertiary/aromatic N) is 1. The van der Waals surface area contributed by atoms with Gasteiger partial charge in [0.25, 0.3) is 5.91 Å². The van der Waals surface area contributed by atoms with Gasteiger partial charge in [-0.25, -0.2) is 10.2 Å². The van der Waals surface area contributed by atoms with E-state index >= 15 is 0 Å². The molecule has 0 aliphatic carbocycles. The number of ether oxygens (including phenoxy) is 3. The van der Waals surface area contributed by atoms with Crippen molar-refractivity contribution < 1.29 is 23.8 Å². The molecule has 0 bridgehead atoms. The van der Waals surface area contributed by atoms with E-state index in [1.165, 1.54) is 37.1 Å². The third-order valence-electron chi connectivity index (χ3n) is 5.57. The highest BCUT2D eigenvalue weighted by molar-refractivity contribution is 6.42. The summed E-state index contributed by atoms with van der Waals surface area (Å²) in [5.41, 5.74) is 6.02. The quantitative estimate of drug-likeness (QED) is 0.104. The maximum atomic E-state index is 12.5. The minimum Gasteiger partial charge on any atom is -0.493 e. The van der Waals surface area contributed by atoms with Crippen molar-refractivity contribution in [1.29, 1.82) is 0 Å². The van der Waals surface area contributed by atoms with Gasteiger partial charge >= 0.3 is 5.97 Å². The molecule has 0 saturated carbocycles. The molecule has 0 fully saturated rings. The molecule has 0 atom stereocenters. The molecular weight excluding hydrogens is 539 g/mol. The van der Waals surface area contributed by atoms with Crippen LogP contribution < -0.4 is 19.6 Å². The van der Waals surface area contributed by atoms with Gasteiger partial charge in [-0.1, -0.05) is 53.0 Å². The largest absolute Gasteiger partial charge is 0.493 e. The van der Waals surface area contributed by atoms with Crippen LogP contribution in [0.2, 0.25) is 10.0 Å². The molecule has 4 rings (SSSR count). The Morgan fingerprint density at radius 2 is 1.56 bits per heavy atom. The number of carbonyl (C=O) groups excluding carboxylic acids is 2. The topological polar surface area (TPSA) is 86.2 Å². The average Bonchev–Trinajstić information content (AvgIpc) is 2.95. The molecule has 39 heavy (non-hydrogen) atoms. The van der Waals surface area contributed by atoms with Crippen molar-refractivity contribution in [2.45, 2.75) is 13.5 Å². The molecule has 0 radical (unpaired) electrons. The normalized spacial score (nSPS) is 10.8. The Morgan fingerprint density at radius 1 is 0.846 bits per heavy atom. The summed E-state index contributed by atoms with van der Waals surface area (Å²) in [5.74, 6) is 0.171. The van der Waals surface area contributed by atoms with Crippen LogP contribution in [0.25, 0.3) is 0 Å². The fourth-order valence-electron chi connectivity index (χ4n) is 3.41. The highest BCUT2D eigenvalue weighted by atomic mass is 35.5. The summed E-state index contributed by atoms with van der Waals surface area (Å²) in [5, 5.41) is 4.59. The maximum absolute atomic E-state index is 12.5. The number of hydrogen-bond acceptors (Lipinski definition) is 6. The predicted molar refractivity (Wildman–Crippen MR) is 151 cm³/mol. The van der Waals surface area contributed by atoms with Crippen LogP contribution in [0.1, 0.15) is 37.4 Å². The molecule has 1 amide bonds. The molecule has 1 N–H and O–H groups in total. The Morgan fingerprint density at radius 3 is 2.26 bits per heavy atom. The molecule has 0 aliphatic heterocycles. The van der Waals surface area contributed by atoms with Crippen molar-refractivity contribution in [3.05, 3.63) is 123 Å². The lowest BCUT2D eigenvalue weighted by Gasteiger charge is -2.10. The van der Waals surface area contributed by atoms with E-state index in [1.807, 2.05) is 31.2 Å². The van der Waals surface area contributed by atoms with Crippen molar-refractivity contribution in [2.75, 3.05) is 7.11 Å². The first-order valence-electron chi connectivity index (χ1n) is 11.8. The summed E-state index contributed by atoms with van der Waals surface area (Å²) in [4.78, 5) is 25.0.